The number of nitrogens with zero attached hydrogens (tertiary/aromatic N) is 1. The summed E-state index contributed by atoms with van der Waals surface area (Å²) in [6, 6.07) is 5.19. The van der Waals surface area contributed by atoms with Crippen LogP contribution in [0.3, 0.4) is 0 Å². The fourth-order valence-corrected chi connectivity index (χ4v) is 7.48. The number of aromatic carboxylic acids is 1. The predicted octanol–water partition coefficient (Wildman–Crippen LogP) is 1.82. The van der Waals surface area contributed by atoms with E-state index in [-0.39, 0.29) is 73.3 Å². The first-order valence-electron chi connectivity index (χ1n) is 12.1. The third-order valence-electron chi connectivity index (χ3n) is 6.21. The molecule has 7 nitrogen and oxygen atoms in total. The third-order valence-corrected chi connectivity index (χ3v) is 9.13. The Balaban J connectivity index is 0.00000456. The van der Waals surface area contributed by atoms with Crippen molar-refractivity contribution in [2.24, 2.45) is 5.92 Å². The van der Waals surface area contributed by atoms with Gasteiger partial charge in [-0.25, -0.2) is 18.1 Å². The minimum atomic E-state index is -3.78. The minimum Gasteiger partial charge on any atom is -0.542 e. The molecule has 0 saturated heterocycles. The largest absolute Gasteiger partial charge is 1.00 e. The summed E-state index contributed by atoms with van der Waals surface area (Å²) in [7, 11) is -2.14. The van der Waals surface area contributed by atoms with E-state index < -0.39 is 26.9 Å². The fraction of sp³-hybridized carbons (Fsp3) is 0.615. The predicted molar refractivity (Wildman–Crippen MR) is 137 cm³/mol. The van der Waals surface area contributed by atoms with Gasteiger partial charge in [-0.15, -0.1) is 11.3 Å². The molecule has 1 aliphatic rings. The zero-order valence-electron chi connectivity index (χ0n) is 22.7. The Hall–Kier alpha value is -0.174. The first kappa shape index (κ1) is 32.0. The maximum Gasteiger partial charge on any atom is 1.00 e. The molecule has 36 heavy (non-hydrogen) atoms. The molecule has 1 heterocycles. The number of nitrogens with one attached hydrogen (secondary N) is 1. The molecule has 0 aliphatic heterocycles. The molecular formula is C26H37KN2O5S2. The van der Waals surface area contributed by atoms with Crippen molar-refractivity contribution in [3.05, 3.63) is 34.5 Å². The van der Waals surface area contributed by atoms with Crippen molar-refractivity contribution in [2.45, 2.75) is 95.6 Å². The first-order valence-corrected chi connectivity index (χ1v) is 14.4. The quantitative estimate of drug-likeness (QED) is 0.518. The molecule has 0 bridgehead atoms. The zero-order chi connectivity index (χ0) is 26.2. The smallest absolute Gasteiger partial charge is 0.542 e. The van der Waals surface area contributed by atoms with Gasteiger partial charge in [0.2, 0.25) is 10.0 Å². The number of rotatable bonds is 7. The van der Waals surface area contributed by atoms with Crippen molar-refractivity contribution in [3.63, 3.8) is 0 Å². The molecule has 2 aromatic rings. The van der Waals surface area contributed by atoms with E-state index in [0.717, 1.165) is 42.6 Å². The van der Waals surface area contributed by atoms with Crippen molar-refractivity contribution in [1.82, 2.24) is 9.71 Å². The van der Waals surface area contributed by atoms with Crippen LogP contribution in [0.5, 0.6) is 0 Å². The van der Waals surface area contributed by atoms with Gasteiger partial charge >= 0.3 is 51.4 Å². The third kappa shape index (κ3) is 7.69. The number of thiazole rings is 1. The van der Waals surface area contributed by atoms with Crippen molar-refractivity contribution >= 4 is 27.3 Å². The molecular weight excluding hydrogens is 524 g/mol. The average Bonchev–Trinajstić information content (AvgIpc) is 3.18. The zero-order valence-corrected chi connectivity index (χ0v) is 27.5. The van der Waals surface area contributed by atoms with E-state index in [2.05, 4.69) is 9.71 Å². The van der Waals surface area contributed by atoms with Crippen molar-refractivity contribution in [1.29, 1.82) is 0 Å². The summed E-state index contributed by atoms with van der Waals surface area (Å²) in [6.45, 7) is 11.3. The van der Waals surface area contributed by atoms with E-state index in [9.17, 15) is 18.3 Å². The Labute approximate surface area is 262 Å². The molecule has 1 unspecified atom stereocenters. The summed E-state index contributed by atoms with van der Waals surface area (Å²) in [5.74, 6) is -1.08. The van der Waals surface area contributed by atoms with Crippen LogP contribution in [0.4, 0.5) is 0 Å². The van der Waals surface area contributed by atoms with Gasteiger partial charge in [0.05, 0.1) is 15.5 Å². The number of sulfonamides is 1. The van der Waals surface area contributed by atoms with Crippen LogP contribution >= 0.6 is 11.3 Å². The Morgan fingerprint density at radius 2 is 1.75 bits per heavy atom. The Bertz CT molecular complexity index is 1170. The van der Waals surface area contributed by atoms with Gasteiger partial charge in [-0.05, 0) is 68.2 Å². The number of carbonyl (C=O) groups is 1. The number of methoxy groups -OCH3 is 1. The summed E-state index contributed by atoms with van der Waals surface area (Å²) < 4.78 is 35.1. The molecule has 1 fully saturated rings. The molecule has 1 aliphatic carbocycles. The summed E-state index contributed by atoms with van der Waals surface area (Å²) in [5, 5.41) is 11.6. The van der Waals surface area contributed by atoms with Gasteiger partial charge in [-0.2, -0.15) is 0 Å². The van der Waals surface area contributed by atoms with Crippen LogP contribution < -0.4 is 61.2 Å². The van der Waals surface area contributed by atoms with Gasteiger partial charge in [0.15, 0.2) is 0 Å². The molecule has 1 atom stereocenters. The maximum atomic E-state index is 13.3. The van der Waals surface area contributed by atoms with Crippen LogP contribution in [-0.2, 0) is 20.2 Å². The molecule has 194 valence electrons. The maximum absolute atomic E-state index is 13.3. The van der Waals surface area contributed by atoms with Gasteiger partial charge < -0.3 is 14.6 Å². The molecule has 1 aromatic carbocycles. The number of hydrogen-bond donors (Lipinski definition) is 1. The SMILES string of the molecule is COC(c1nc(C(=O)[O-])sc1-c1ccc(S(=O)(=O)NC(C)(C)C)c(C(C)(C)C)c1)C1CCCCC1.[K+]. The molecule has 1 saturated carbocycles. The number of carboxylic acid groups (broad SMARTS) is 1. The average molecular weight is 561 g/mol. The molecule has 10 heteroatoms. The van der Waals surface area contributed by atoms with Gasteiger partial charge in [0.25, 0.3) is 0 Å². The summed E-state index contributed by atoms with van der Waals surface area (Å²) in [6.07, 6.45) is 5.07. The van der Waals surface area contributed by atoms with Crippen LogP contribution in [0.1, 0.15) is 101 Å². The molecule has 0 radical (unpaired) electrons. The number of benzene rings is 1. The Morgan fingerprint density at radius 1 is 1.14 bits per heavy atom. The van der Waals surface area contributed by atoms with Crippen LogP contribution in [0.25, 0.3) is 10.4 Å². The van der Waals surface area contributed by atoms with E-state index >= 15 is 0 Å². The normalized spacial score (nSPS) is 16.4. The minimum absolute atomic E-state index is 0. The van der Waals surface area contributed by atoms with Gasteiger partial charge in [-0.3, -0.25) is 0 Å². The molecule has 1 aromatic heterocycles. The summed E-state index contributed by atoms with van der Waals surface area (Å²) in [4.78, 5) is 17.1. The van der Waals surface area contributed by atoms with E-state index in [1.807, 2.05) is 26.8 Å². The van der Waals surface area contributed by atoms with Crippen LogP contribution in [-0.4, -0.2) is 32.0 Å². The van der Waals surface area contributed by atoms with E-state index in [4.69, 9.17) is 4.74 Å². The molecule has 0 amide bonds. The second kappa shape index (κ2) is 12.3. The van der Waals surface area contributed by atoms with Gasteiger partial charge in [0.1, 0.15) is 17.1 Å². The van der Waals surface area contributed by atoms with Gasteiger partial charge in [-0.1, -0.05) is 46.1 Å². The molecule has 3 rings (SSSR count). The number of aromatic nitrogens is 1. The monoisotopic (exact) mass is 560 g/mol. The van der Waals surface area contributed by atoms with Crippen LogP contribution in [0.15, 0.2) is 23.1 Å². The van der Waals surface area contributed by atoms with Crippen LogP contribution in [0, 0.1) is 5.92 Å². The molecule has 1 N–H and O–H groups in total. The van der Waals surface area contributed by atoms with E-state index in [1.54, 1.807) is 40.0 Å². The standard InChI is InChI=1S/C26H38N2O5S2.K/c1-25(2,3)18-15-17(13-14-19(18)35(31,32)28-26(4,5)6)22-20(27-23(34-22)24(29)30)21(33-7)16-11-9-8-10-12-16;/h13-16,21,28H,8-12H2,1-7H3,(H,29,30);/q;+1/p-1. The van der Waals surface area contributed by atoms with Crippen molar-refractivity contribution in [2.75, 3.05) is 7.11 Å². The number of hydrogen-bond acceptors (Lipinski definition) is 7. The van der Waals surface area contributed by atoms with Crippen LogP contribution in [0.2, 0.25) is 0 Å². The summed E-state index contributed by atoms with van der Waals surface area (Å²) >= 11 is 1.05. The van der Waals surface area contributed by atoms with E-state index in [0.29, 0.717) is 16.1 Å². The summed E-state index contributed by atoms with van der Waals surface area (Å²) in [5.41, 5.74) is 0.846. The topological polar surface area (TPSA) is 108 Å². The van der Waals surface area contributed by atoms with Gasteiger partial charge in [0, 0.05) is 12.6 Å². The fourth-order valence-electron chi connectivity index (χ4n) is 4.73. The molecule has 0 spiro atoms. The Kier molecular flexibility index (Phi) is 11.0. The van der Waals surface area contributed by atoms with Crippen molar-refractivity contribution < 1.29 is 74.4 Å². The van der Waals surface area contributed by atoms with E-state index in [1.165, 1.54) is 6.42 Å². The Morgan fingerprint density at radius 3 is 2.25 bits per heavy atom. The number of ether oxygens (including phenoxy) is 1. The first-order chi connectivity index (χ1) is 16.1. The van der Waals surface area contributed by atoms with Crippen molar-refractivity contribution in [3.8, 4) is 10.4 Å². The second-order valence-electron chi connectivity index (χ2n) is 11.4. The number of carbonyl (C=O) groups excluding carboxylic acids is 1. The number of carboxylic acids is 1. The second-order valence-corrected chi connectivity index (χ2v) is 14.0.